The van der Waals surface area contributed by atoms with Crippen LogP contribution in [0.5, 0.6) is 5.75 Å². The van der Waals surface area contributed by atoms with Crippen LogP contribution in [0, 0.1) is 0 Å². The molecule has 1 aliphatic rings. The SMILES string of the molecule is NC(N)=NCCCC(NC(=O)C(N)CO)C(=O)N1CCCC1C(=O)NC(Cc1ccc(O)cc1)C(=O)O. The summed E-state index contributed by atoms with van der Waals surface area (Å²) in [6, 6.07) is 1.45. The minimum atomic E-state index is -1.26. The summed E-state index contributed by atoms with van der Waals surface area (Å²) in [5.74, 6) is -3.24. The number of nitrogens with one attached hydrogen (secondary N) is 2. The Balaban J connectivity index is 2.13. The Labute approximate surface area is 213 Å². The number of hydrogen-bond acceptors (Lipinski definition) is 8. The molecule has 1 aromatic rings. The molecule has 1 fully saturated rings. The van der Waals surface area contributed by atoms with Gasteiger partial charge >= 0.3 is 5.97 Å². The van der Waals surface area contributed by atoms with E-state index in [0.717, 1.165) is 0 Å². The number of hydrogen-bond donors (Lipinski definition) is 8. The Morgan fingerprint density at radius 3 is 2.38 bits per heavy atom. The number of carboxylic acids is 1. The van der Waals surface area contributed by atoms with Crippen LogP contribution in [0.15, 0.2) is 29.3 Å². The normalized spacial score (nSPS) is 17.4. The Kier molecular flexibility index (Phi) is 11.1. The molecule has 14 nitrogen and oxygen atoms in total. The minimum absolute atomic E-state index is 0.0233. The van der Waals surface area contributed by atoms with Crippen LogP contribution in [0.1, 0.15) is 31.2 Å². The van der Waals surface area contributed by atoms with Crippen LogP contribution in [0.3, 0.4) is 0 Å². The van der Waals surface area contributed by atoms with Crippen molar-refractivity contribution in [3.63, 3.8) is 0 Å². The largest absolute Gasteiger partial charge is 0.508 e. The van der Waals surface area contributed by atoms with Crippen LogP contribution < -0.4 is 27.8 Å². The zero-order valence-electron chi connectivity index (χ0n) is 20.4. The highest BCUT2D eigenvalue weighted by atomic mass is 16.4. The second-order valence-corrected chi connectivity index (χ2v) is 8.76. The van der Waals surface area contributed by atoms with Gasteiger partial charge < -0.3 is 48.1 Å². The van der Waals surface area contributed by atoms with E-state index in [1.807, 2.05) is 0 Å². The van der Waals surface area contributed by atoms with Gasteiger partial charge in [-0.3, -0.25) is 19.4 Å². The monoisotopic (exact) mass is 521 g/mol. The third-order valence-electron chi connectivity index (χ3n) is 5.92. The predicted molar refractivity (Wildman–Crippen MR) is 133 cm³/mol. The number of carbonyl (C=O) groups is 4. The highest BCUT2D eigenvalue weighted by molar-refractivity contribution is 5.94. The average molecular weight is 522 g/mol. The number of carbonyl (C=O) groups excluding carboxylic acids is 3. The number of phenolic OH excluding ortho intramolecular Hbond substituents is 1. The number of amides is 3. The average Bonchev–Trinajstić information content (AvgIpc) is 3.35. The number of aliphatic hydroxyl groups excluding tert-OH is 1. The maximum absolute atomic E-state index is 13.4. The van der Waals surface area contributed by atoms with E-state index < -0.39 is 54.5 Å². The number of likely N-dealkylation sites (tertiary alicyclic amines) is 1. The van der Waals surface area contributed by atoms with Crippen molar-refractivity contribution in [2.24, 2.45) is 22.2 Å². The van der Waals surface area contributed by atoms with Gasteiger partial charge in [0.25, 0.3) is 0 Å². The first-order valence-corrected chi connectivity index (χ1v) is 11.9. The summed E-state index contributed by atoms with van der Waals surface area (Å²) in [6.07, 6.45) is 1.27. The van der Waals surface area contributed by atoms with Gasteiger partial charge in [0.1, 0.15) is 29.9 Å². The van der Waals surface area contributed by atoms with Crippen molar-refractivity contribution < 1.29 is 34.5 Å². The molecule has 0 spiro atoms. The van der Waals surface area contributed by atoms with E-state index in [2.05, 4.69) is 15.6 Å². The van der Waals surface area contributed by atoms with Gasteiger partial charge in [0.2, 0.25) is 17.7 Å². The zero-order valence-corrected chi connectivity index (χ0v) is 20.4. The number of aliphatic hydroxyl groups is 1. The molecule has 1 aliphatic heterocycles. The lowest BCUT2D eigenvalue weighted by atomic mass is 10.0. The molecule has 0 saturated carbocycles. The Morgan fingerprint density at radius 2 is 1.78 bits per heavy atom. The molecule has 0 bridgehead atoms. The van der Waals surface area contributed by atoms with Crippen LogP contribution in [0.2, 0.25) is 0 Å². The van der Waals surface area contributed by atoms with Crippen molar-refractivity contribution in [1.29, 1.82) is 0 Å². The predicted octanol–water partition coefficient (Wildman–Crippen LogP) is -2.65. The van der Waals surface area contributed by atoms with Crippen LogP contribution in [0.25, 0.3) is 0 Å². The number of phenols is 1. The summed E-state index contributed by atoms with van der Waals surface area (Å²) in [7, 11) is 0. The van der Waals surface area contributed by atoms with Gasteiger partial charge in [-0.05, 0) is 43.4 Å². The topological polar surface area (TPSA) is 247 Å². The fourth-order valence-electron chi connectivity index (χ4n) is 3.96. The van der Waals surface area contributed by atoms with Crippen LogP contribution in [-0.4, -0.2) is 93.7 Å². The fourth-order valence-corrected chi connectivity index (χ4v) is 3.96. The molecule has 2 rings (SSSR count). The van der Waals surface area contributed by atoms with Crippen molar-refractivity contribution in [2.45, 2.75) is 56.3 Å². The zero-order chi connectivity index (χ0) is 27.5. The molecule has 1 aromatic carbocycles. The molecule has 3 amide bonds. The second-order valence-electron chi connectivity index (χ2n) is 8.76. The van der Waals surface area contributed by atoms with Gasteiger partial charge in [0.05, 0.1) is 6.61 Å². The number of aliphatic imine (C=N–C) groups is 1. The standard InChI is InChI=1S/C23H35N7O7/c24-15(12-31)19(33)28-16(3-1-9-27-23(25)26)21(35)30-10-2-4-18(30)20(34)29-17(22(36)37)11-13-5-7-14(32)8-6-13/h5-8,15-18,31-32H,1-4,9-12,24H2,(H,28,33)(H,29,34)(H,36,37)(H4,25,26,27). The number of nitrogens with two attached hydrogens (primary N) is 3. The molecule has 11 N–H and O–H groups in total. The highest BCUT2D eigenvalue weighted by Crippen LogP contribution is 2.20. The van der Waals surface area contributed by atoms with Crippen LogP contribution in [0.4, 0.5) is 0 Å². The van der Waals surface area contributed by atoms with Crippen molar-refractivity contribution >= 4 is 29.7 Å². The Morgan fingerprint density at radius 1 is 1.11 bits per heavy atom. The number of aromatic hydroxyl groups is 1. The molecule has 4 atom stereocenters. The second kappa shape index (κ2) is 14.0. The molecule has 0 aromatic heterocycles. The maximum atomic E-state index is 13.4. The minimum Gasteiger partial charge on any atom is -0.508 e. The molecule has 4 unspecified atom stereocenters. The number of nitrogens with zero attached hydrogens (tertiary/aromatic N) is 2. The number of rotatable bonds is 13. The van der Waals surface area contributed by atoms with Gasteiger partial charge in [0, 0.05) is 19.5 Å². The first kappa shape index (κ1) is 29.3. The Bertz CT molecular complexity index is 982. The molecule has 37 heavy (non-hydrogen) atoms. The number of benzene rings is 1. The lowest BCUT2D eigenvalue weighted by Gasteiger charge is -2.30. The van der Waals surface area contributed by atoms with E-state index in [9.17, 15) is 29.4 Å². The van der Waals surface area contributed by atoms with E-state index in [1.165, 1.54) is 17.0 Å². The number of carboxylic acid groups (broad SMARTS) is 1. The van der Waals surface area contributed by atoms with Crippen molar-refractivity contribution in [1.82, 2.24) is 15.5 Å². The van der Waals surface area contributed by atoms with Crippen molar-refractivity contribution in [3.05, 3.63) is 29.8 Å². The highest BCUT2D eigenvalue weighted by Gasteiger charge is 2.39. The van der Waals surface area contributed by atoms with E-state index >= 15 is 0 Å². The first-order valence-electron chi connectivity index (χ1n) is 11.9. The molecule has 0 radical (unpaired) electrons. The summed E-state index contributed by atoms with van der Waals surface area (Å²) < 4.78 is 0. The molecular formula is C23H35N7O7. The summed E-state index contributed by atoms with van der Waals surface area (Å²) in [5.41, 5.74) is 16.8. The van der Waals surface area contributed by atoms with E-state index in [4.69, 9.17) is 22.3 Å². The van der Waals surface area contributed by atoms with Gasteiger partial charge in [-0.1, -0.05) is 12.1 Å². The molecule has 1 heterocycles. The molecule has 14 heteroatoms. The van der Waals surface area contributed by atoms with Crippen molar-refractivity contribution in [3.8, 4) is 5.75 Å². The van der Waals surface area contributed by atoms with E-state index in [-0.39, 0.29) is 37.6 Å². The van der Waals surface area contributed by atoms with E-state index in [0.29, 0.717) is 24.8 Å². The summed E-state index contributed by atoms with van der Waals surface area (Å²) in [6.45, 7) is -0.179. The first-order chi connectivity index (χ1) is 17.5. The third kappa shape index (κ3) is 8.91. The third-order valence-corrected chi connectivity index (χ3v) is 5.92. The van der Waals surface area contributed by atoms with Crippen molar-refractivity contribution in [2.75, 3.05) is 19.7 Å². The van der Waals surface area contributed by atoms with Gasteiger partial charge in [-0.2, -0.15) is 0 Å². The fraction of sp³-hybridized carbons (Fsp3) is 0.522. The molecule has 1 saturated heterocycles. The molecule has 204 valence electrons. The van der Waals surface area contributed by atoms with Gasteiger partial charge in [0.15, 0.2) is 5.96 Å². The summed E-state index contributed by atoms with van der Waals surface area (Å²) in [5, 5.41) is 33.2. The lowest BCUT2D eigenvalue weighted by molar-refractivity contribution is -0.145. The van der Waals surface area contributed by atoms with E-state index in [1.54, 1.807) is 12.1 Å². The Hall–Kier alpha value is -3.91. The van der Waals surface area contributed by atoms with Crippen LogP contribution >= 0.6 is 0 Å². The number of guanidine groups is 1. The quantitative estimate of drug-likeness (QED) is 0.0760. The van der Waals surface area contributed by atoms with Gasteiger partial charge in [-0.25, -0.2) is 4.79 Å². The summed E-state index contributed by atoms with van der Waals surface area (Å²) in [4.78, 5) is 55.7. The lowest BCUT2D eigenvalue weighted by Crippen LogP contribution is -2.57. The maximum Gasteiger partial charge on any atom is 0.326 e. The summed E-state index contributed by atoms with van der Waals surface area (Å²) >= 11 is 0. The number of aliphatic carboxylic acids is 1. The van der Waals surface area contributed by atoms with Crippen LogP contribution in [-0.2, 0) is 25.6 Å². The molecule has 0 aliphatic carbocycles. The van der Waals surface area contributed by atoms with Gasteiger partial charge in [-0.15, -0.1) is 0 Å². The smallest absolute Gasteiger partial charge is 0.326 e. The molecular weight excluding hydrogens is 486 g/mol.